The van der Waals surface area contributed by atoms with Gasteiger partial charge in [0.25, 0.3) is 5.91 Å². The molecule has 1 saturated heterocycles. The van der Waals surface area contributed by atoms with Gasteiger partial charge in [0.1, 0.15) is 5.75 Å². The zero-order valence-corrected chi connectivity index (χ0v) is 14.4. The molecule has 3 atom stereocenters. The van der Waals surface area contributed by atoms with Crippen molar-refractivity contribution in [3.05, 3.63) is 42.0 Å². The van der Waals surface area contributed by atoms with Crippen LogP contribution in [-0.4, -0.2) is 30.0 Å². The van der Waals surface area contributed by atoms with Gasteiger partial charge in [-0.3, -0.25) is 4.79 Å². The van der Waals surface area contributed by atoms with Crippen LogP contribution in [0, 0.1) is 11.8 Å². The highest BCUT2D eigenvalue weighted by Crippen LogP contribution is 2.33. The Bertz CT molecular complexity index is 560. The first kappa shape index (κ1) is 16.1. The molecule has 2 aliphatic rings. The van der Waals surface area contributed by atoms with Crippen LogP contribution in [0.1, 0.15) is 45.1 Å². The normalized spacial score (nSPS) is 24.6. The van der Waals surface area contributed by atoms with Gasteiger partial charge in [0.05, 0.1) is 0 Å². The maximum atomic E-state index is 12.6. The van der Waals surface area contributed by atoms with Crippen molar-refractivity contribution in [3.63, 3.8) is 0 Å². The number of rotatable bonds is 4. The monoisotopic (exact) mass is 313 g/mol. The lowest BCUT2D eigenvalue weighted by Crippen LogP contribution is -2.39. The lowest BCUT2D eigenvalue weighted by Gasteiger charge is -2.22. The molecule has 0 bridgehead atoms. The number of allylic oxidation sites excluding steroid dienone is 2. The van der Waals surface area contributed by atoms with Gasteiger partial charge in [-0.05, 0) is 55.2 Å². The summed E-state index contributed by atoms with van der Waals surface area (Å²) < 4.78 is 5.87. The lowest BCUT2D eigenvalue weighted by atomic mass is 9.86. The first-order valence-electron chi connectivity index (χ1n) is 8.75. The topological polar surface area (TPSA) is 29.5 Å². The second kappa shape index (κ2) is 6.77. The second-order valence-corrected chi connectivity index (χ2v) is 7.19. The summed E-state index contributed by atoms with van der Waals surface area (Å²) >= 11 is 0. The number of likely N-dealkylation sites (tertiary alicyclic amines) is 1. The van der Waals surface area contributed by atoms with Gasteiger partial charge in [0.2, 0.25) is 0 Å². The summed E-state index contributed by atoms with van der Waals surface area (Å²) in [6, 6.07) is 8.08. The largest absolute Gasteiger partial charge is 0.481 e. The van der Waals surface area contributed by atoms with Crippen molar-refractivity contribution in [2.24, 2.45) is 11.8 Å². The average molecular weight is 313 g/mol. The summed E-state index contributed by atoms with van der Waals surface area (Å²) in [7, 11) is 0. The van der Waals surface area contributed by atoms with E-state index < -0.39 is 6.10 Å². The maximum absolute atomic E-state index is 12.6. The molecular formula is C20H27NO2. The first-order valence-corrected chi connectivity index (χ1v) is 8.75. The van der Waals surface area contributed by atoms with Crippen LogP contribution < -0.4 is 4.74 Å². The quantitative estimate of drug-likeness (QED) is 0.786. The Morgan fingerprint density at radius 3 is 2.13 bits per heavy atom. The van der Waals surface area contributed by atoms with E-state index in [-0.39, 0.29) is 5.91 Å². The lowest BCUT2D eigenvalue weighted by molar-refractivity contribution is -0.137. The van der Waals surface area contributed by atoms with E-state index in [0.717, 1.165) is 31.7 Å². The van der Waals surface area contributed by atoms with Crippen LogP contribution in [0.3, 0.4) is 0 Å². The molecule has 0 spiro atoms. The molecule has 1 aliphatic carbocycles. The van der Waals surface area contributed by atoms with E-state index in [0.29, 0.717) is 17.8 Å². The van der Waals surface area contributed by atoms with E-state index >= 15 is 0 Å². The Balaban J connectivity index is 1.57. The number of carbonyl (C=O) groups excluding carboxylic acids is 1. The molecule has 1 amide bonds. The van der Waals surface area contributed by atoms with E-state index in [1.807, 2.05) is 24.0 Å². The number of carbonyl (C=O) groups is 1. The van der Waals surface area contributed by atoms with E-state index in [1.54, 1.807) is 0 Å². The molecule has 0 N–H and O–H groups in total. The highest BCUT2D eigenvalue weighted by atomic mass is 16.5. The van der Waals surface area contributed by atoms with Gasteiger partial charge in [0.15, 0.2) is 6.10 Å². The molecule has 3 nitrogen and oxygen atoms in total. The fraction of sp³-hybridized carbons (Fsp3) is 0.550. The third-order valence-electron chi connectivity index (χ3n) is 5.14. The summed E-state index contributed by atoms with van der Waals surface area (Å²) in [6.07, 6.45) is 6.31. The molecule has 3 unspecified atom stereocenters. The van der Waals surface area contributed by atoms with Crippen LogP contribution in [0.25, 0.3) is 0 Å². The molecule has 1 aromatic carbocycles. The summed E-state index contributed by atoms with van der Waals surface area (Å²) in [4.78, 5) is 14.6. The van der Waals surface area contributed by atoms with Crippen LogP contribution in [0.2, 0.25) is 0 Å². The number of nitrogens with zero attached hydrogens (tertiary/aromatic N) is 1. The first-order chi connectivity index (χ1) is 11.0. The third-order valence-corrected chi connectivity index (χ3v) is 5.14. The third kappa shape index (κ3) is 3.60. The fourth-order valence-electron chi connectivity index (χ4n) is 3.64. The molecule has 0 radical (unpaired) electrons. The number of ether oxygens (including phenoxy) is 1. The van der Waals surface area contributed by atoms with Crippen molar-refractivity contribution in [2.45, 2.75) is 45.6 Å². The van der Waals surface area contributed by atoms with E-state index in [1.165, 1.54) is 5.56 Å². The molecule has 0 aromatic heterocycles. The van der Waals surface area contributed by atoms with Crippen molar-refractivity contribution < 1.29 is 9.53 Å². The van der Waals surface area contributed by atoms with Crippen molar-refractivity contribution in [1.82, 2.24) is 4.90 Å². The smallest absolute Gasteiger partial charge is 0.263 e. The molecule has 23 heavy (non-hydrogen) atoms. The van der Waals surface area contributed by atoms with Crippen molar-refractivity contribution >= 4 is 5.91 Å². The van der Waals surface area contributed by atoms with E-state index in [4.69, 9.17) is 4.74 Å². The van der Waals surface area contributed by atoms with Gasteiger partial charge in [-0.1, -0.05) is 38.1 Å². The minimum Gasteiger partial charge on any atom is -0.481 e. The number of benzene rings is 1. The van der Waals surface area contributed by atoms with Gasteiger partial charge < -0.3 is 9.64 Å². The Kier molecular flexibility index (Phi) is 4.74. The highest BCUT2D eigenvalue weighted by molar-refractivity contribution is 5.81. The molecule has 1 aromatic rings. The number of amides is 1. The molecule has 3 rings (SSSR count). The Morgan fingerprint density at radius 2 is 1.61 bits per heavy atom. The number of fused-ring (bicyclic) bond motifs is 1. The predicted octanol–water partition coefficient (Wildman–Crippen LogP) is 4.00. The Hall–Kier alpha value is -1.77. The van der Waals surface area contributed by atoms with Crippen molar-refractivity contribution in [2.75, 3.05) is 13.1 Å². The van der Waals surface area contributed by atoms with Crippen LogP contribution >= 0.6 is 0 Å². The van der Waals surface area contributed by atoms with E-state index in [9.17, 15) is 4.79 Å². The number of hydrogen-bond acceptors (Lipinski definition) is 2. The maximum Gasteiger partial charge on any atom is 0.263 e. The van der Waals surface area contributed by atoms with Gasteiger partial charge in [0, 0.05) is 13.1 Å². The highest BCUT2D eigenvalue weighted by Gasteiger charge is 2.36. The molecule has 1 aliphatic heterocycles. The van der Waals surface area contributed by atoms with Crippen LogP contribution in [0.5, 0.6) is 5.75 Å². The molecule has 0 saturated carbocycles. The summed E-state index contributed by atoms with van der Waals surface area (Å²) in [5.41, 5.74) is 1.28. The Labute approximate surface area is 139 Å². The molecule has 124 valence electrons. The standard InChI is InChI=1S/C20H27NO2/c1-14(2)16-8-10-19(11-9-16)23-15(3)20(22)21-12-17-6-4-5-7-18(17)13-21/h4-5,8-11,14-15,17-18H,6-7,12-13H2,1-3H3. The van der Waals surface area contributed by atoms with Gasteiger partial charge >= 0.3 is 0 Å². The zero-order chi connectivity index (χ0) is 16.4. The minimum absolute atomic E-state index is 0.118. The zero-order valence-electron chi connectivity index (χ0n) is 14.4. The summed E-state index contributed by atoms with van der Waals surface area (Å²) in [6.45, 7) is 7.97. The average Bonchev–Trinajstić information content (AvgIpc) is 2.98. The Morgan fingerprint density at radius 1 is 1.04 bits per heavy atom. The number of hydrogen-bond donors (Lipinski definition) is 0. The molecule has 3 heteroatoms. The molecule has 1 heterocycles. The van der Waals surface area contributed by atoms with Gasteiger partial charge in [-0.15, -0.1) is 0 Å². The van der Waals surface area contributed by atoms with Crippen LogP contribution in [-0.2, 0) is 4.79 Å². The van der Waals surface area contributed by atoms with Crippen molar-refractivity contribution in [3.8, 4) is 5.75 Å². The molecule has 1 fully saturated rings. The van der Waals surface area contributed by atoms with E-state index in [2.05, 4.69) is 38.1 Å². The SMILES string of the molecule is CC(Oc1ccc(C(C)C)cc1)C(=O)N1CC2CC=CCC2C1. The summed E-state index contributed by atoms with van der Waals surface area (Å²) in [5.74, 6) is 2.67. The fourth-order valence-corrected chi connectivity index (χ4v) is 3.64. The minimum atomic E-state index is -0.423. The van der Waals surface area contributed by atoms with Crippen LogP contribution in [0.4, 0.5) is 0 Å². The van der Waals surface area contributed by atoms with Gasteiger partial charge in [-0.2, -0.15) is 0 Å². The molecular weight excluding hydrogens is 286 g/mol. The van der Waals surface area contributed by atoms with Crippen molar-refractivity contribution in [1.29, 1.82) is 0 Å². The predicted molar refractivity (Wildman–Crippen MR) is 92.6 cm³/mol. The summed E-state index contributed by atoms with van der Waals surface area (Å²) in [5, 5.41) is 0. The second-order valence-electron chi connectivity index (χ2n) is 7.19. The van der Waals surface area contributed by atoms with Gasteiger partial charge in [-0.25, -0.2) is 0 Å². The van der Waals surface area contributed by atoms with Crippen LogP contribution in [0.15, 0.2) is 36.4 Å².